The number of hydrogen-bond acceptors (Lipinski definition) is 4. The Kier molecular flexibility index (Phi) is 8.58. The zero-order valence-electron chi connectivity index (χ0n) is 25.7. The summed E-state index contributed by atoms with van der Waals surface area (Å²) in [4.78, 5) is 11.8. The molecule has 6 rings (SSSR count). The fraction of sp³-hybridized carbons (Fsp3) is 0.171. The highest BCUT2D eigenvalue weighted by atomic mass is 16.3. The molecule has 2 aliphatic heterocycles. The predicted octanol–water partition coefficient (Wildman–Crippen LogP) is 0.0899. The third-order valence-corrected chi connectivity index (χ3v) is 7.67. The number of benzene rings is 3. The molecule has 4 aromatic rings. The van der Waals surface area contributed by atoms with Crippen LogP contribution in [0.5, 0.6) is 11.5 Å². The topological polar surface area (TPSA) is 94.5 Å². The SMILES string of the molecule is C[N+]1=C[NH+](Cc2ccc([O-])c(C=Nc3ccc(Cn4cc[n+](C)c4)cc3N=Cc3cc(C[NH+]4C=C[N+](C)=C4)ccc3[O-])c2)C=C1. The first-order valence-corrected chi connectivity index (χ1v) is 14.8. The number of hydrogen-bond donors (Lipinski definition) is 2. The van der Waals surface area contributed by atoms with Crippen molar-refractivity contribution in [2.45, 2.75) is 19.6 Å². The second-order valence-electron chi connectivity index (χ2n) is 11.6. The van der Waals surface area contributed by atoms with Crippen molar-refractivity contribution in [2.24, 2.45) is 17.0 Å². The molecule has 0 bridgehead atoms. The number of aliphatic imine (C=N–C) groups is 2. The summed E-state index contributed by atoms with van der Waals surface area (Å²) in [5.74, 6) is -0.188. The number of aryl methyl sites for hydroxylation is 1. The van der Waals surface area contributed by atoms with Crippen molar-refractivity contribution in [1.82, 2.24) is 4.57 Å². The molecule has 0 aliphatic carbocycles. The molecule has 2 N–H and O–H groups in total. The second kappa shape index (κ2) is 13.0. The summed E-state index contributed by atoms with van der Waals surface area (Å²) < 4.78 is 8.09. The van der Waals surface area contributed by atoms with Gasteiger partial charge in [0.1, 0.15) is 46.1 Å². The highest BCUT2D eigenvalue weighted by Crippen LogP contribution is 2.30. The molecule has 0 amide bonds. The van der Waals surface area contributed by atoms with Crippen LogP contribution in [0.15, 0.2) is 108 Å². The average Bonchev–Trinajstić information content (AvgIpc) is 3.75. The number of nitrogens with zero attached hydrogens (tertiary/aromatic N) is 6. The van der Waals surface area contributed by atoms with E-state index in [2.05, 4.69) is 29.6 Å². The molecule has 2 atom stereocenters. The van der Waals surface area contributed by atoms with Crippen molar-refractivity contribution in [3.05, 3.63) is 126 Å². The van der Waals surface area contributed by atoms with E-state index in [0.29, 0.717) is 29.0 Å². The fourth-order valence-electron chi connectivity index (χ4n) is 5.38. The Balaban J connectivity index is 1.29. The van der Waals surface area contributed by atoms with Crippen molar-refractivity contribution in [1.29, 1.82) is 0 Å². The van der Waals surface area contributed by atoms with Crippen LogP contribution < -0.4 is 24.6 Å². The minimum atomic E-state index is -0.0946. The van der Waals surface area contributed by atoms with Gasteiger partial charge in [0.05, 0.1) is 18.4 Å². The van der Waals surface area contributed by atoms with Crippen molar-refractivity contribution in [3.63, 3.8) is 0 Å². The van der Waals surface area contributed by atoms with Crippen LogP contribution in [-0.4, -0.2) is 52.9 Å². The van der Waals surface area contributed by atoms with E-state index in [-0.39, 0.29) is 11.5 Å². The van der Waals surface area contributed by atoms with Gasteiger partial charge in [0.2, 0.25) is 18.7 Å². The van der Waals surface area contributed by atoms with Gasteiger partial charge in [0, 0.05) is 23.6 Å². The summed E-state index contributed by atoms with van der Waals surface area (Å²) in [7, 11) is 5.97. The number of rotatable bonds is 10. The van der Waals surface area contributed by atoms with Crippen LogP contribution in [-0.2, 0) is 26.7 Å². The van der Waals surface area contributed by atoms with Crippen LogP contribution in [0.1, 0.15) is 27.8 Å². The smallest absolute Gasteiger partial charge is 0.335 e. The molecule has 0 radical (unpaired) electrons. The van der Waals surface area contributed by atoms with Crippen LogP contribution in [0.25, 0.3) is 0 Å². The van der Waals surface area contributed by atoms with E-state index in [1.165, 1.54) is 9.80 Å². The normalized spacial score (nSPS) is 17.6. The van der Waals surface area contributed by atoms with Crippen LogP contribution in [0.2, 0.25) is 0 Å². The standard InChI is InChI=1S/C35H35N8O2/c1-38-10-13-41(24-38)21-27-5-8-34(44)30(16-27)19-36-32-7-4-29(23-43-15-12-40(3)26-43)18-33(32)37-20-31-17-28(6-9-35(31)45)22-42-14-11-39(2)25-42/h4-20,24-26H,21-23H2,1-3H3/q+1/p+2. The van der Waals surface area contributed by atoms with Crippen LogP contribution >= 0.6 is 0 Å². The number of nitrogens with one attached hydrogen (secondary N) is 2. The van der Waals surface area contributed by atoms with E-state index in [0.717, 1.165) is 29.8 Å². The van der Waals surface area contributed by atoms with Gasteiger partial charge in [-0.1, -0.05) is 30.3 Å². The van der Waals surface area contributed by atoms with Gasteiger partial charge in [-0.2, -0.15) is 9.15 Å². The van der Waals surface area contributed by atoms with Crippen molar-refractivity contribution < 1.29 is 33.7 Å². The second-order valence-corrected chi connectivity index (χ2v) is 11.6. The van der Waals surface area contributed by atoms with E-state index >= 15 is 0 Å². The van der Waals surface area contributed by atoms with E-state index in [4.69, 9.17) is 9.98 Å². The lowest BCUT2D eigenvalue weighted by molar-refractivity contribution is -0.764. The van der Waals surface area contributed by atoms with Crippen molar-refractivity contribution in [2.75, 3.05) is 14.1 Å². The lowest BCUT2D eigenvalue weighted by Gasteiger charge is -2.13. The Morgan fingerprint density at radius 1 is 0.711 bits per heavy atom. The molecule has 45 heavy (non-hydrogen) atoms. The third kappa shape index (κ3) is 7.56. The Morgan fingerprint density at radius 3 is 1.78 bits per heavy atom. The predicted molar refractivity (Wildman–Crippen MR) is 170 cm³/mol. The highest BCUT2D eigenvalue weighted by Gasteiger charge is 2.16. The molecule has 10 nitrogen and oxygen atoms in total. The molecule has 2 unspecified atom stereocenters. The van der Waals surface area contributed by atoms with Crippen LogP contribution in [0, 0.1) is 0 Å². The molecule has 10 heteroatoms. The average molecular weight is 602 g/mol. The number of imidazole rings is 1. The monoisotopic (exact) mass is 601 g/mol. The maximum atomic E-state index is 12.8. The minimum Gasteiger partial charge on any atom is -0.872 e. The first-order chi connectivity index (χ1) is 21.8. The summed E-state index contributed by atoms with van der Waals surface area (Å²) >= 11 is 0. The first-order valence-electron chi connectivity index (χ1n) is 14.8. The fourth-order valence-corrected chi connectivity index (χ4v) is 5.38. The van der Waals surface area contributed by atoms with Gasteiger partial charge in [-0.05, 0) is 41.0 Å². The molecule has 2 aliphatic rings. The largest absolute Gasteiger partial charge is 0.872 e. The Labute approximate surface area is 262 Å². The summed E-state index contributed by atoms with van der Waals surface area (Å²) in [6, 6.07) is 16.6. The summed E-state index contributed by atoms with van der Waals surface area (Å²) in [5.41, 5.74) is 5.35. The molecule has 3 aromatic carbocycles. The van der Waals surface area contributed by atoms with Crippen LogP contribution in [0.3, 0.4) is 0 Å². The van der Waals surface area contributed by atoms with Gasteiger partial charge in [-0.3, -0.25) is 9.98 Å². The maximum Gasteiger partial charge on any atom is 0.335 e. The van der Waals surface area contributed by atoms with Gasteiger partial charge < -0.3 is 10.2 Å². The summed E-state index contributed by atoms with van der Waals surface area (Å²) in [5, 5.41) is 25.5. The lowest BCUT2D eigenvalue weighted by Crippen LogP contribution is -3.04. The molecular formula is C35H37N8O2+3. The Morgan fingerprint density at radius 2 is 1.27 bits per heavy atom. The van der Waals surface area contributed by atoms with Gasteiger partial charge >= 0.3 is 12.7 Å². The van der Waals surface area contributed by atoms with Crippen molar-refractivity contribution >= 4 is 36.5 Å². The highest BCUT2D eigenvalue weighted by molar-refractivity contribution is 5.89. The maximum absolute atomic E-state index is 12.8. The Bertz CT molecular complexity index is 1910. The van der Waals surface area contributed by atoms with Gasteiger partial charge in [-0.15, -0.1) is 11.5 Å². The summed E-state index contributed by atoms with van der Waals surface area (Å²) in [6.07, 6.45) is 21.5. The first kappa shape index (κ1) is 29.6. The zero-order valence-corrected chi connectivity index (χ0v) is 25.7. The third-order valence-electron chi connectivity index (χ3n) is 7.67. The molecule has 0 spiro atoms. The molecule has 0 saturated heterocycles. The molecule has 0 fully saturated rings. The molecule has 1 aromatic heterocycles. The lowest BCUT2D eigenvalue weighted by atomic mass is 10.1. The number of quaternary nitrogens is 2. The quantitative estimate of drug-likeness (QED) is 0.199. The number of aromatic nitrogens is 2. The van der Waals surface area contributed by atoms with Gasteiger partial charge in [0.15, 0.2) is 12.4 Å². The zero-order chi connectivity index (χ0) is 31.3. The Hall–Kier alpha value is -5.45. The molecular weight excluding hydrogens is 564 g/mol. The van der Waals surface area contributed by atoms with E-state index < -0.39 is 0 Å². The summed E-state index contributed by atoms with van der Waals surface area (Å²) in [6.45, 7) is 2.10. The minimum absolute atomic E-state index is 0.0936. The molecule has 0 saturated carbocycles. The van der Waals surface area contributed by atoms with Gasteiger partial charge in [0.25, 0.3) is 0 Å². The molecule has 226 valence electrons. The van der Waals surface area contributed by atoms with E-state index in [1.54, 1.807) is 24.6 Å². The van der Waals surface area contributed by atoms with Crippen molar-refractivity contribution in [3.8, 4) is 11.5 Å². The van der Waals surface area contributed by atoms with E-state index in [9.17, 15) is 10.2 Å². The molecule has 3 heterocycles. The van der Waals surface area contributed by atoms with Crippen LogP contribution in [0.4, 0.5) is 11.4 Å². The van der Waals surface area contributed by atoms with Gasteiger partial charge in [-0.25, -0.2) is 18.9 Å². The van der Waals surface area contributed by atoms with E-state index in [1.807, 2.05) is 108 Å².